The maximum absolute atomic E-state index is 11.2. The molecule has 0 amide bonds. The Balaban J connectivity index is 0.000000228. The topological polar surface area (TPSA) is 266 Å². The summed E-state index contributed by atoms with van der Waals surface area (Å²) in [5, 5.41) is 34.1. The first-order valence-corrected chi connectivity index (χ1v) is 29.4. The van der Waals surface area contributed by atoms with Crippen molar-refractivity contribution in [2.45, 2.75) is 191 Å². The minimum Gasteiger partial charge on any atom is -0.870 e. The molecule has 81 heavy (non-hydrogen) atoms. The second-order valence-electron chi connectivity index (χ2n) is 21.3. The molecule has 4 aromatic heterocycles. The van der Waals surface area contributed by atoms with E-state index in [0.717, 1.165) is 185 Å². The number of fused-ring (bicyclic) bond motifs is 2. The second-order valence-corrected chi connectivity index (χ2v) is 21.3. The first-order valence-electron chi connectivity index (χ1n) is 29.4. The van der Waals surface area contributed by atoms with Gasteiger partial charge in [0.15, 0.2) is 23.8 Å². The molecule has 434 valence electrons. The maximum atomic E-state index is 11.2. The number of unbranched alkanes of at least 4 members (excludes halogenated alkanes) is 6. The number of ether oxygens (including phenoxy) is 5. The fourth-order valence-electron chi connectivity index (χ4n) is 10.8. The molecule has 2 aliphatic heterocycles. The summed E-state index contributed by atoms with van der Waals surface area (Å²) >= 11 is 0. The van der Waals surface area contributed by atoms with Gasteiger partial charge in [0.2, 0.25) is 11.9 Å². The molecule has 2 unspecified atom stereocenters. The quantitative estimate of drug-likeness (QED) is 0.0192. The number of carboxylic acids is 1. The molecule has 0 bridgehead atoms. The summed E-state index contributed by atoms with van der Waals surface area (Å²) in [5.41, 5.74) is 3.33. The monoisotopic (exact) mass is 1110 g/mol. The molecule has 22 heteroatoms. The Morgan fingerprint density at radius 2 is 0.975 bits per heavy atom. The van der Waals surface area contributed by atoms with E-state index < -0.39 is 5.97 Å². The van der Waals surface area contributed by atoms with Gasteiger partial charge in [0, 0.05) is 49.5 Å². The Morgan fingerprint density at radius 3 is 1.38 bits per heavy atom. The molecule has 2 saturated carbocycles. The van der Waals surface area contributed by atoms with E-state index in [9.17, 15) is 9.59 Å². The molecular weight excluding hydrogens is 1030 g/mol. The second kappa shape index (κ2) is 33.0. The summed E-state index contributed by atoms with van der Waals surface area (Å²) in [7, 11) is 1.43. The minimum atomic E-state index is -0.731. The van der Waals surface area contributed by atoms with Gasteiger partial charge in [-0.25, -0.2) is 9.36 Å². The van der Waals surface area contributed by atoms with E-state index in [1.54, 1.807) is 0 Å². The first-order chi connectivity index (χ1) is 38.8. The van der Waals surface area contributed by atoms with Crippen LogP contribution in [0.3, 0.4) is 0 Å². The van der Waals surface area contributed by atoms with E-state index in [-0.39, 0.29) is 49.2 Å². The summed E-state index contributed by atoms with van der Waals surface area (Å²) in [6, 6.07) is 16.5. The van der Waals surface area contributed by atoms with Gasteiger partial charge >= 0.3 is 30.8 Å². The average Bonchev–Trinajstić information content (AvgIpc) is 4.28. The summed E-state index contributed by atoms with van der Waals surface area (Å²) in [4.78, 5) is 41.3. The molecule has 2 aromatic carbocycles. The van der Waals surface area contributed by atoms with Crippen molar-refractivity contribution in [3.63, 3.8) is 0 Å². The third kappa shape index (κ3) is 18.9. The van der Waals surface area contributed by atoms with E-state index in [0.29, 0.717) is 43.6 Å². The minimum absolute atomic E-state index is 0. The molecule has 2 atom stereocenters. The van der Waals surface area contributed by atoms with Crippen LogP contribution in [0.15, 0.2) is 60.9 Å². The van der Waals surface area contributed by atoms with Gasteiger partial charge in [-0.15, -0.1) is 0 Å². The fraction of sp³-hybridized carbons (Fsp3) is 0.593. The van der Waals surface area contributed by atoms with Crippen molar-refractivity contribution in [3.05, 3.63) is 60.9 Å². The van der Waals surface area contributed by atoms with Crippen LogP contribution in [-0.2, 0) is 23.8 Å². The van der Waals surface area contributed by atoms with Crippen LogP contribution in [0.25, 0.3) is 22.1 Å². The van der Waals surface area contributed by atoms with Crippen LogP contribution >= 0.6 is 0 Å². The van der Waals surface area contributed by atoms with Crippen LogP contribution < -0.4 is 49.6 Å². The standard InChI is InChI=1S/C30H42N6O4.C29H40N6O4.Li.H2O/c1-38-27(37)14-7-2-3-9-19-39-24-17-15-23(16-18-24)33-30-34-28(32-22-11-5-4-6-12-22)25-21-31-36(29(25)35-30)26-13-8-10-20-40-26;36-26(37)13-6-1-2-8-18-38-23-16-14-22(15-17-23)32-29-33-27(31-21-10-4-3-5-11-21)24-20-30-35(28(24)34-29)25-12-7-9-19-39-25;;/h15-18,21-22,26H,2-14,19-20H2,1H3,(H2,32,33,34,35);14-17,20-21,25H,1-13,18-19H2,(H,36,37)(H2,31,32,33,34);;1H2/q;;+1;/p-1. The van der Waals surface area contributed by atoms with E-state index in [4.69, 9.17) is 44.0 Å². The van der Waals surface area contributed by atoms with Gasteiger partial charge in [-0.2, -0.15) is 30.1 Å². The molecule has 10 rings (SSSR count). The number of nitrogens with zero attached hydrogens (tertiary/aromatic N) is 8. The maximum Gasteiger partial charge on any atom is 1.00 e. The van der Waals surface area contributed by atoms with Gasteiger partial charge in [-0.1, -0.05) is 64.2 Å². The van der Waals surface area contributed by atoms with Crippen LogP contribution in [-0.4, -0.2) is 108 Å². The van der Waals surface area contributed by atoms with Gasteiger partial charge in [-0.3, -0.25) is 9.59 Å². The molecule has 6 heterocycles. The number of methoxy groups -OCH3 is 1. The summed E-state index contributed by atoms with van der Waals surface area (Å²) < 4.78 is 32.3. The van der Waals surface area contributed by atoms with Gasteiger partial charge in [0.1, 0.15) is 23.1 Å². The average molecular weight is 1110 g/mol. The van der Waals surface area contributed by atoms with Gasteiger partial charge in [0.25, 0.3) is 0 Å². The van der Waals surface area contributed by atoms with E-state index in [1.165, 1.54) is 45.6 Å². The summed E-state index contributed by atoms with van der Waals surface area (Å²) in [6.45, 7) is 2.75. The van der Waals surface area contributed by atoms with Crippen LogP contribution in [0.5, 0.6) is 11.5 Å². The van der Waals surface area contributed by atoms with E-state index in [1.807, 2.05) is 70.3 Å². The predicted octanol–water partition coefficient (Wildman–Crippen LogP) is 9.77. The van der Waals surface area contributed by atoms with Crippen molar-refractivity contribution in [3.8, 4) is 11.5 Å². The molecule has 0 spiro atoms. The first kappa shape index (κ1) is 62.4. The van der Waals surface area contributed by atoms with E-state index >= 15 is 0 Å². The van der Waals surface area contributed by atoms with Crippen molar-refractivity contribution in [2.24, 2.45) is 0 Å². The molecular formula is C59H83LiN12O9. The van der Waals surface area contributed by atoms with Crippen LogP contribution in [0.1, 0.15) is 179 Å². The number of aliphatic carboxylic acids is 1. The number of carbonyl (C=O) groups excluding carboxylic acids is 1. The van der Waals surface area contributed by atoms with Crippen LogP contribution in [0.2, 0.25) is 0 Å². The smallest absolute Gasteiger partial charge is 0.870 e. The third-order valence-corrected chi connectivity index (χ3v) is 15.2. The van der Waals surface area contributed by atoms with Gasteiger partial charge in [0.05, 0.1) is 43.5 Å². The van der Waals surface area contributed by atoms with Gasteiger partial charge < -0.3 is 55.5 Å². The number of carbonyl (C=O) groups is 2. The van der Waals surface area contributed by atoms with Crippen molar-refractivity contribution < 1.29 is 62.7 Å². The predicted molar refractivity (Wildman–Crippen MR) is 308 cm³/mol. The number of rotatable bonds is 26. The van der Waals surface area contributed by atoms with Crippen molar-refractivity contribution >= 4 is 68.9 Å². The molecule has 4 aliphatic rings. The van der Waals surface area contributed by atoms with Crippen molar-refractivity contribution in [2.75, 3.05) is 54.8 Å². The Morgan fingerprint density at radius 1 is 0.556 bits per heavy atom. The van der Waals surface area contributed by atoms with Crippen LogP contribution in [0, 0.1) is 0 Å². The largest absolute Gasteiger partial charge is 1.00 e. The summed E-state index contributed by atoms with van der Waals surface area (Å²) in [6.07, 6.45) is 30.0. The molecule has 0 radical (unpaired) electrons. The molecule has 21 nitrogen and oxygen atoms in total. The van der Waals surface area contributed by atoms with Crippen LogP contribution in [0.4, 0.5) is 34.9 Å². The Kier molecular flexibility index (Phi) is 25.4. The fourth-order valence-corrected chi connectivity index (χ4v) is 10.8. The number of aromatic nitrogens is 8. The Bertz CT molecular complexity index is 2810. The molecule has 4 fully saturated rings. The van der Waals surface area contributed by atoms with Crippen molar-refractivity contribution in [1.82, 2.24) is 39.5 Å². The van der Waals surface area contributed by atoms with Crippen molar-refractivity contribution in [1.29, 1.82) is 0 Å². The number of anilines is 6. The zero-order chi connectivity index (χ0) is 54.4. The van der Waals surface area contributed by atoms with Gasteiger partial charge in [-0.05, 0) is 138 Å². The summed E-state index contributed by atoms with van der Waals surface area (Å²) in [5.74, 6) is 3.45. The number of hydrogen-bond acceptors (Lipinski definition) is 18. The molecule has 6 aromatic rings. The number of benzene rings is 2. The van der Waals surface area contributed by atoms with E-state index in [2.05, 4.69) is 36.2 Å². The zero-order valence-electron chi connectivity index (χ0n) is 47.6. The Hall–Kier alpha value is -6.24. The number of carboxylic acid groups (broad SMARTS) is 1. The third-order valence-electron chi connectivity index (χ3n) is 15.2. The molecule has 6 N–H and O–H groups in total. The zero-order valence-corrected chi connectivity index (χ0v) is 47.6. The number of hydrogen-bond donors (Lipinski definition) is 5. The Labute approximate surface area is 487 Å². The molecule has 2 saturated heterocycles. The molecule has 2 aliphatic carbocycles. The number of nitrogens with one attached hydrogen (secondary N) is 4. The number of esters is 1. The normalized spacial score (nSPS) is 17.6. The SMILES string of the molecule is COC(=O)CCCCCCOc1ccc(Nc2nc(NC3CCCCC3)c3cnn(C4CCCCO4)c3n2)cc1.O=C(O)CCCCCCOc1ccc(Nc2nc(NC3CCCCC3)c3cnn(C4CCCCO4)c3n2)cc1.[Li+].[OH-].